The van der Waals surface area contributed by atoms with Crippen molar-refractivity contribution in [2.45, 2.75) is 25.5 Å². The minimum atomic E-state index is -0.506. The Kier molecular flexibility index (Phi) is 2.30. The van der Waals surface area contributed by atoms with Gasteiger partial charge in [0.2, 0.25) is 5.91 Å². The molecule has 2 aliphatic heterocycles. The molecule has 1 saturated heterocycles. The maximum Gasteiger partial charge on any atom is 0.303 e. The number of hydrogen-bond acceptors (Lipinski definition) is 4. The number of fused-ring (bicyclic) bond motifs is 1. The number of carbonyl (C=O) groups excluding carboxylic acids is 3. The maximum absolute atomic E-state index is 11.5. The lowest BCUT2D eigenvalue weighted by atomic mass is 10.1. The number of rotatable bonds is 2. The second-order valence-electron chi connectivity index (χ2n) is 3.66. The van der Waals surface area contributed by atoms with E-state index in [9.17, 15) is 14.4 Å². The van der Waals surface area contributed by atoms with Gasteiger partial charge in [-0.25, -0.2) is 0 Å². The van der Waals surface area contributed by atoms with Gasteiger partial charge in [0, 0.05) is 19.0 Å². The molecule has 5 nitrogen and oxygen atoms in total. The highest BCUT2D eigenvalue weighted by molar-refractivity contribution is 5.87. The number of ether oxygens (including phenoxy) is 1. The summed E-state index contributed by atoms with van der Waals surface area (Å²) in [5.74, 6) is -0.494. The Morgan fingerprint density at radius 1 is 1.67 bits per heavy atom. The summed E-state index contributed by atoms with van der Waals surface area (Å²) in [7, 11) is 0. The van der Waals surface area contributed by atoms with Gasteiger partial charge in [-0.05, 0) is 0 Å². The van der Waals surface area contributed by atoms with Crippen LogP contribution in [-0.2, 0) is 19.1 Å². The molecule has 0 aromatic heterocycles. The quantitative estimate of drug-likeness (QED) is 0.461. The zero-order valence-electron chi connectivity index (χ0n) is 8.30. The number of esters is 1. The third-order valence-electron chi connectivity index (χ3n) is 2.70. The monoisotopic (exact) mass is 209 g/mol. The number of aldehydes is 1. The van der Waals surface area contributed by atoms with Gasteiger partial charge in [-0.3, -0.25) is 14.4 Å². The first-order valence-corrected chi connectivity index (χ1v) is 4.75. The van der Waals surface area contributed by atoms with Crippen molar-refractivity contribution in [1.82, 2.24) is 4.90 Å². The first-order valence-electron chi connectivity index (χ1n) is 4.75. The van der Waals surface area contributed by atoms with Crippen LogP contribution < -0.4 is 0 Å². The van der Waals surface area contributed by atoms with Crippen LogP contribution in [0.4, 0.5) is 0 Å². The fraction of sp³-hybridized carbons (Fsp3) is 0.500. The molecule has 0 aliphatic carbocycles. The van der Waals surface area contributed by atoms with Gasteiger partial charge in [-0.2, -0.15) is 0 Å². The molecule has 2 atom stereocenters. The Balaban J connectivity index is 2.20. The van der Waals surface area contributed by atoms with Crippen molar-refractivity contribution in [2.24, 2.45) is 0 Å². The summed E-state index contributed by atoms with van der Waals surface area (Å²) in [6.45, 7) is 1.74. The van der Waals surface area contributed by atoms with Crippen molar-refractivity contribution >= 4 is 18.2 Å². The maximum atomic E-state index is 11.5. The van der Waals surface area contributed by atoms with Crippen molar-refractivity contribution in [3.8, 4) is 0 Å². The minimum absolute atomic E-state index is 0.0700. The molecule has 0 aromatic rings. The highest BCUT2D eigenvalue weighted by Crippen LogP contribution is 2.30. The molecule has 0 saturated carbocycles. The summed E-state index contributed by atoms with van der Waals surface area (Å²) in [4.78, 5) is 34.6. The van der Waals surface area contributed by atoms with Gasteiger partial charge in [-0.15, -0.1) is 0 Å². The predicted octanol–water partition coefficient (Wildman–Crippen LogP) is -0.342. The summed E-state index contributed by atoms with van der Waals surface area (Å²) in [5, 5.41) is 0. The first-order chi connectivity index (χ1) is 7.13. The molecule has 80 valence electrons. The average Bonchev–Trinajstić information content (AvgIpc) is 2.68. The standard InChI is InChI=1S/C10H11NO4/c1-6(13)15-8-4-9(14)11-3-2-7(5-12)10(8)11/h2,5,8,10H,3-4H2,1H3. The Morgan fingerprint density at radius 2 is 2.40 bits per heavy atom. The van der Waals surface area contributed by atoms with E-state index in [0.717, 1.165) is 6.29 Å². The van der Waals surface area contributed by atoms with Crippen LogP contribution in [0.2, 0.25) is 0 Å². The molecule has 0 spiro atoms. The van der Waals surface area contributed by atoms with Crippen molar-refractivity contribution < 1.29 is 19.1 Å². The van der Waals surface area contributed by atoms with Crippen LogP contribution in [0.25, 0.3) is 0 Å². The summed E-state index contributed by atoms with van der Waals surface area (Å²) in [5.41, 5.74) is 0.534. The SMILES string of the molecule is CC(=O)OC1CC(=O)N2CC=C(C=O)C12. The lowest BCUT2D eigenvalue weighted by molar-refractivity contribution is -0.146. The van der Waals surface area contributed by atoms with E-state index in [1.54, 1.807) is 11.0 Å². The zero-order valence-corrected chi connectivity index (χ0v) is 8.30. The van der Waals surface area contributed by atoms with E-state index >= 15 is 0 Å². The molecule has 1 amide bonds. The van der Waals surface area contributed by atoms with Crippen LogP contribution in [0.5, 0.6) is 0 Å². The number of carbonyl (C=O) groups is 3. The highest BCUT2D eigenvalue weighted by Gasteiger charge is 2.45. The summed E-state index contributed by atoms with van der Waals surface area (Å²) in [6.07, 6.45) is 2.09. The smallest absolute Gasteiger partial charge is 0.303 e. The predicted molar refractivity (Wildman–Crippen MR) is 49.8 cm³/mol. The lowest BCUT2D eigenvalue weighted by Gasteiger charge is -2.21. The molecular weight excluding hydrogens is 198 g/mol. The van der Waals surface area contributed by atoms with Crippen LogP contribution >= 0.6 is 0 Å². The van der Waals surface area contributed by atoms with Crippen molar-refractivity contribution in [1.29, 1.82) is 0 Å². The van der Waals surface area contributed by atoms with E-state index in [0.29, 0.717) is 12.1 Å². The van der Waals surface area contributed by atoms with Gasteiger partial charge >= 0.3 is 5.97 Å². The molecule has 2 rings (SSSR count). The molecule has 2 unspecified atom stereocenters. The van der Waals surface area contributed by atoms with Gasteiger partial charge in [0.15, 0.2) is 0 Å². The zero-order chi connectivity index (χ0) is 11.0. The molecule has 0 N–H and O–H groups in total. The van der Waals surface area contributed by atoms with E-state index < -0.39 is 12.1 Å². The third-order valence-corrected chi connectivity index (χ3v) is 2.70. The Hall–Kier alpha value is -1.65. The largest absolute Gasteiger partial charge is 0.459 e. The van der Waals surface area contributed by atoms with Gasteiger partial charge in [0.1, 0.15) is 12.4 Å². The number of amides is 1. The highest BCUT2D eigenvalue weighted by atomic mass is 16.5. The van der Waals surface area contributed by atoms with Crippen LogP contribution in [-0.4, -0.2) is 41.8 Å². The molecule has 0 bridgehead atoms. The fourth-order valence-electron chi connectivity index (χ4n) is 2.13. The Bertz CT molecular complexity index is 358. The third kappa shape index (κ3) is 1.54. The molecule has 2 aliphatic rings. The van der Waals surface area contributed by atoms with Crippen molar-refractivity contribution in [3.63, 3.8) is 0 Å². The van der Waals surface area contributed by atoms with Gasteiger partial charge in [0.25, 0.3) is 0 Å². The van der Waals surface area contributed by atoms with Gasteiger partial charge < -0.3 is 9.64 Å². The van der Waals surface area contributed by atoms with Gasteiger partial charge in [-0.1, -0.05) is 6.08 Å². The minimum Gasteiger partial charge on any atom is -0.459 e. The fourth-order valence-corrected chi connectivity index (χ4v) is 2.13. The van der Waals surface area contributed by atoms with Gasteiger partial charge in [0.05, 0.1) is 12.5 Å². The number of nitrogens with zero attached hydrogens (tertiary/aromatic N) is 1. The van der Waals surface area contributed by atoms with E-state index in [4.69, 9.17) is 4.74 Å². The molecule has 1 fully saturated rings. The van der Waals surface area contributed by atoms with Crippen LogP contribution in [0.3, 0.4) is 0 Å². The molecule has 0 radical (unpaired) electrons. The van der Waals surface area contributed by atoms with Crippen LogP contribution in [0.1, 0.15) is 13.3 Å². The first kappa shape index (κ1) is 9.89. The second kappa shape index (κ2) is 3.49. The van der Waals surface area contributed by atoms with E-state index in [-0.39, 0.29) is 18.4 Å². The summed E-state index contributed by atoms with van der Waals surface area (Å²) < 4.78 is 5.03. The topological polar surface area (TPSA) is 63.7 Å². The van der Waals surface area contributed by atoms with E-state index in [2.05, 4.69) is 0 Å². The molecule has 2 heterocycles. The normalized spacial score (nSPS) is 28.7. The lowest BCUT2D eigenvalue weighted by Crippen LogP contribution is -2.35. The molecule has 5 heteroatoms. The summed E-state index contributed by atoms with van der Waals surface area (Å²) in [6, 6.07) is -0.362. The van der Waals surface area contributed by atoms with Crippen LogP contribution in [0, 0.1) is 0 Å². The summed E-state index contributed by atoms with van der Waals surface area (Å²) >= 11 is 0. The molecule has 0 aromatic carbocycles. The van der Waals surface area contributed by atoms with Crippen molar-refractivity contribution in [3.05, 3.63) is 11.6 Å². The second-order valence-corrected chi connectivity index (χ2v) is 3.66. The van der Waals surface area contributed by atoms with Crippen molar-refractivity contribution in [2.75, 3.05) is 6.54 Å². The Labute approximate surface area is 86.7 Å². The number of hydrogen-bond donors (Lipinski definition) is 0. The molecule has 15 heavy (non-hydrogen) atoms. The van der Waals surface area contributed by atoms with Crippen LogP contribution in [0.15, 0.2) is 11.6 Å². The van der Waals surface area contributed by atoms with E-state index in [1.165, 1.54) is 6.92 Å². The van der Waals surface area contributed by atoms with E-state index in [1.807, 2.05) is 0 Å². The Morgan fingerprint density at radius 3 is 3.00 bits per heavy atom. The average molecular weight is 209 g/mol. The molecular formula is C10H11NO4.